The van der Waals surface area contributed by atoms with Gasteiger partial charge in [-0.3, -0.25) is 9.59 Å². The van der Waals surface area contributed by atoms with Crippen LogP contribution in [0.1, 0.15) is 194 Å². The molecule has 3 atom stereocenters. The molecule has 0 aliphatic carbocycles. The van der Waals surface area contributed by atoms with Crippen LogP contribution in [0.2, 0.25) is 0 Å². The summed E-state index contributed by atoms with van der Waals surface area (Å²) in [6, 6.07) is 0. The molecule has 0 aromatic rings. The number of carbonyl (C=O) groups excluding carboxylic acids is 2. The lowest BCUT2D eigenvalue weighted by molar-refractivity contribution is -0.161. The number of epoxide rings is 1. The van der Waals surface area contributed by atoms with Crippen molar-refractivity contribution in [1.29, 1.82) is 0 Å². The first kappa shape index (κ1) is 46.1. The average molecular weight is 703 g/mol. The van der Waals surface area contributed by atoms with Crippen LogP contribution < -0.4 is 0 Å². The second-order valence-electron chi connectivity index (χ2n) is 14.9. The summed E-state index contributed by atoms with van der Waals surface area (Å²) in [6.07, 6.45) is 43.9. The first-order valence-electron chi connectivity index (χ1n) is 21.0. The third kappa shape index (κ3) is 30.9. The van der Waals surface area contributed by atoms with Crippen LogP contribution in [0.15, 0.2) is 36.5 Å². The van der Waals surface area contributed by atoms with E-state index in [1.54, 1.807) is 0 Å². The highest BCUT2D eigenvalue weighted by atomic mass is 16.6. The Labute approximate surface area is 308 Å². The third-order valence-corrected chi connectivity index (χ3v) is 9.52. The first-order valence-corrected chi connectivity index (χ1v) is 21.0. The van der Waals surface area contributed by atoms with Gasteiger partial charge in [-0.05, 0) is 57.3 Å². The molecule has 0 radical (unpaired) electrons. The van der Waals surface area contributed by atoms with Gasteiger partial charge in [0, 0.05) is 12.8 Å². The number of esters is 2. The molecule has 2 unspecified atom stereocenters. The van der Waals surface area contributed by atoms with Gasteiger partial charge in [-0.25, -0.2) is 0 Å². The van der Waals surface area contributed by atoms with Gasteiger partial charge in [-0.1, -0.05) is 166 Å². The highest BCUT2D eigenvalue weighted by molar-refractivity contribution is 5.70. The SMILES string of the molecule is CCCCC/C=C\CC1OC1C/C=C\C/C=C\CCCC(=O)OC[C@H](CO)OC(=O)CCCCCCCCCCCCCCCCCC(C)C. The van der Waals surface area contributed by atoms with E-state index in [9.17, 15) is 14.7 Å². The fourth-order valence-electron chi connectivity index (χ4n) is 6.18. The Morgan fingerprint density at radius 2 is 1.12 bits per heavy atom. The summed E-state index contributed by atoms with van der Waals surface area (Å²) in [5.41, 5.74) is 0. The summed E-state index contributed by atoms with van der Waals surface area (Å²) in [5.74, 6) is 0.193. The lowest BCUT2D eigenvalue weighted by atomic mass is 10.0. The fraction of sp³-hybridized carbons (Fsp3) is 0.818. The van der Waals surface area contributed by atoms with Crippen molar-refractivity contribution < 1.29 is 28.9 Å². The predicted molar refractivity (Wildman–Crippen MR) is 209 cm³/mol. The normalized spacial score (nSPS) is 16.7. The van der Waals surface area contributed by atoms with E-state index in [-0.39, 0.29) is 25.2 Å². The van der Waals surface area contributed by atoms with Crippen molar-refractivity contribution in [2.24, 2.45) is 5.92 Å². The summed E-state index contributed by atoms with van der Waals surface area (Å²) < 4.78 is 16.3. The molecule has 1 fully saturated rings. The molecule has 0 amide bonds. The van der Waals surface area contributed by atoms with Gasteiger partial charge in [-0.15, -0.1) is 0 Å². The van der Waals surface area contributed by atoms with E-state index in [0.717, 1.165) is 50.9 Å². The topological polar surface area (TPSA) is 85.4 Å². The predicted octanol–water partition coefficient (Wildman–Crippen LogP) is 12.1. The maximum atomic E-state index is 12.2. The van der Waals surface area contributed by atoms with Crippen molar-refractivity contribution in [3.05, 3.63) is 36.5 Å². The molecular weight excluding hydrogens is 624 g/mol. The van der Waals surface area contributed by atoms with Crippen LogP contribution in [-0.4, -0.2) is 48.6 Å². The molecule has 1 saturated heterocycles. The maximum absolute atomic E-state index is 12.2. The van der Waals surface area contributed by atoms with Crippen molar-refractivity contribution >= 4 is 11.9 Å². The second kappa shape index (κ2) is 34.2. The van der Waals surface area contributed by atoms with Crippen molar-refractivity contribution in [2.45, 2.75) is 212 Å². The van der Waals surface area contributed by atoms with Gasteiger partial charge in [0.15, 0.2) is 6.10 Å². The van der Waals surface area contributed by atoms with Crippen LogP contribution in [0.3, 0.4) is 0 Å². The van der Waals surface area contributed by atoms with Crippen molar-refractivity contribution in [1.82, 2.24) is 0 Å². The van der Waals surface area contributed by atoms with Crippen LogP contribution in [0.25, 0.3) is 0 Å². The van der Waals surface area contributed by atoms with E-state index in [4.69, 9.17) is 14.2 Å². The van der Waals surface area contributed by atoms with E-state index in [1.165, 1.54) is 109 Å². The molecule has 6 heteroatoms. The molecule has 0 aromatic heterocycles. The molecule has 0 bridgehead atoms. The Morgan fingerprint density at radius 3 is 1.70 bits per heavy atom. The largest absolute Gasteiger partial charge is 0.462 e. The molecule has 1 aliphatic rings. The number of unbranched alkanes of at least 4 members (excludes halogenated alkanes) is 18. The van der Waals surface area contributed by atoms with Crippen LogP contribution in [-0.2, 0) is 23.8 Å². The van der Waals surface area contributed by atoms with Crippen LogP contribution in [0.4, 0.5) is 0 Å². The molecule has 290 valence electrons. The number of ether oxygens (including phenoxy) is 3. The summed E-state index contributed by atoms with van der Waals surface area (Å²) in [6.45, 7) is 6.42. The van der Waals surface area contributed by atoms with Gasteiger partial charge in [0.1, 0.15) is 6.61 Å². The number of rotatable bonds is 36. The Bertz CT molecular complexity index is 878. The quantitative estimate of drug-likeness (QED) is 0.0303. The minimum Gasteiger partial charge on any atom is -0.462 e. The zero-order valence-electron chi connectivity index (χ0n) is 32.8. The molecule has 1 N–H and O–H groups in total. The Balaban J connectivity index is 1.90. The summed E-state index contributed by atoms with van der Waals surface area (Å²) in [7, 11) is 0. The minimum atomic E-state index is -0.795. The number of aliphatic hydroxyl groups excluding tert-OH is 1. The Kier molecular flexibility index (Phi) is 31.5. The van der Waals surface area contributed by atoms with Gasteiger partial charge < -0.3 is 19.3 Å². The van der Waals surface area contributed by atoms with Gasteiger partial charge >= 0.3 is 11.9 Å². The van der Waals surface area contributed by atoms with Crippen molar-refractivity contribution in [2.75, 3.05) is 13.2 Å². The summed E-state index contributed by atoms with van der Waals surface area (Å²) in [4.78, 5) is 24.3. The molecule has 1 aliphatic heterocycles. The molecule has 50 heavy (non-hydrogen) atoms. The van der Waals surface area contributed by atoms with Gasteiger partial charge in [0.2, 0.25) is 0 Å². The number of hydrogen-bond acceptors (Lipinski definition) is 6. The highest BCUT2D eigenvalue weighted by Gasteiger charge is 2.35. The third-order valence-electron chi connectivity index (χ3n) is 9.52. The number of aliphatic hydroxyl groups is 1. The fourth-order valence-corrected chi connectivity index (χ4v) is 6.18. The van der Waals surface area contributed by atoms with Crippen molar-refractivity contribution in [3.63, 3.8) is 0 Å². The monoisotopic (exact) mass is 703 g/mol. The van der Waals surface area contributed by atoms with E-state index in [0.29, 0.717) is 31.5 Å². The highest BCUT2D eigenvalue weighted by Crippen LogP contribution is 2.29. The Morgan fingerprint density at radius 1 is 0.620 bits per heavy atom. The van der Waals surface area contributed by atoms with E-state index >= 15 is 0 Å². The van der Waals surface area contributed by atoms with Crippen LogP contribution in [0.5, 0.6) is 0 Å². The molecular formula is C44H78O6. The molecule has 0 aromatic carbocycles. The summed E-state index contributed by atoms with van der Waals surface area (Å²) >= 11 is 0. The van der Waals surface area contributed by atoms with Crippen LogP contribution >= 0.6 is 0 Å². The lowest BCUT2D eigenvalue weighted by Gasteiger charge is -2.15. The van der Waals surface area contributed by atoms with E-state index in [2.05, 4.69) is 57.2 Å². The maximum Gasteiger partial charge on any atom is 0.306 e. The second-order valence-corrected chi connectivity index (χ2v) is 14.9. The van der Waals surface area contributed by atoms with Gasteiger partial charge in [0.05, 0.1) is 18.8 Å². The average Bonchev–Trinajstić information content (AvgIpc) is 3.86. The standard InChI is InChI=1S/C44H78O6/c1-4-5-6-7-23-28-33-41-42(50-41)34-29-24-19-17-21-25-30-35-43(46)48-38-40(37-45)49-44(47)36-31-26-20-16-14-12-10-8-9-11-13-15-18-22-27-32-39(2)3/h17,21,23-24,28-29,39-42,45H,4-16,18-20,22,25-27,30-38H2,1-3H3/b21-17-,28-23-,29-24-/t40-,41?,42?/m0/s1. The number of hydrogen-bond donors (Lipinski definition) is 1. The minimum absolute atomic E-state index is 0.0963. The zero-order valence-corrected chi connectivity index (χ0v) is 32.8. The van der Waals surface area contributed by atoms with Crippen LogP contribution in [0, 0.1) is 5.92 Å². The molecule has 0 saturated carbocycles. The molecule has 1 heterocycles. The molecule has 1 rings (SSSR count). The van der Waals surface area contributed by atoms with Gasteiger partial charge in [-0.2, -0.15) is 0 Å². The lowest BCUT2D eigenvalue weighted by Crippen LogP contribution is -2.28. The van der Waals surface area contributed by atoms with Gasteiger partial charge in [0.25, 0.3) is 0 Å². The molecule has 6 nitrogen and oxygen atoms in total. The smallest absolute Gasteiger partial charge is 0.306 e. The van der Waals surface area contributed by atoms with E-state index in [1.807, 2.05) is 0 Å². The van der Waals surface area contributed by atoms with Crippen molar-refractivity contribution in [3.8, 4) is 0 Å². The zero-order chi connectivity index (χ0) is 36.3. The number of allylic oxidation sites excluding steroid dienone is 4. The van der Waals surface area contributed by atoms with E-state index < -0.39 is 6.10 Å². The first-order chi connectivity index (χ1) is 24.5. The molecule has 0 spiro atoms. The summed E-state index contributed by atoms with van der Waals surface area (Å²) in [5, 5.41) is 9.57. The number of carbonyl (C=O) groups is 2. The Hall–Kier alpha value is -1.92.